The van der Waals surface area contributed by atoms with E-state index < -0.39 is 0 Å². The van der Waals surface area contributed by atoms with Gasteiger partial charge in [-0.15, -0.1) is 0 Å². The third-order valence-electron chi connectivity index (χ3n) is 2.15. The lowest BCUT2D eigenvalue weighted by Gasteiger charge is -1.96. The number of hydrogen-bond donors (Lipinski definition) is 1. The number of hydrogen-bond acceptors (Lipinski definition) is 3. The molecule has 0 bridgehead atoms. The molecule has 0 fully saturated rings. The second-order valence-corrected chi connectivity index (χ2v) is 3.44. The number of ether oxygens (including phenoxy) is 1. The van der Waals surface area contributed by atoms with E-state index in [-0.39, 0.29) is 5.43 Å². The first kappa shape index (κ1) is 13.0. The fourth-order valence-corrected chi connectivity index (χ4v) is 1.36. The molecule has 1 N–H and O–H groups in total. The highest BCUT2D eigenvalue weighted by Crippen LogP contribution is 2.08. The Balaban J connectivity index is 0.000000249. The summed E-state index contributed by atoms with van der Waals surface area (Å²) in [7, 11) is 0. The van der Waals surface area contributed by atoms with Gasteiger partial charge in [-0.3, -0.25) is 9.59 Å². The maximum absolute atomic E-state index is 11.3. The minimum absolute atomic E-state index is 0.0729. The Morgan fingerprint density at radius 3 is 2.71 bits per heavy atom. The predicted octanol–water partition coefficient (Wildman–Crippen LogP) is 2.02. The minimum Gasteiger partial charge on any atom is -0.468 e. The van der Waals surface area contributed by atoms with Crippen LogP contribution in [0.25, 0.3) is 10.9 Å². The highest BCUT2D eigenvalue weighted by atomic mass is 16.5. The number of nitrogens with one attached hydrogen (secondary N) is 1. The standard InChI is InChI=1S/C10H9NO.C3H6O2/c1-7-2-3-8-9(6-7)11-5-4-10(8)12;1-2-5-3-4/h2-6H,1H3,(H,11,12);3H,2H2,1H3. The number of benzene rings is 1. The average molecular weight is 233 g/mol. The molecule has 2 aromatic rings. The van der Waals surface area contributed by atoms with Crippen LogP contribution < -0.4 is 5.43 Å². The van der Waals surface area contributed by atoms with Crippen LogP contribution in [0, 0.1) is 6.92 Å². The Morgan fingerprint density at radius 2 is 2.12 bits per heavy atom. The van der Waals surface area contributed by atoms with Gasteiger partial charge in [0, 0.05) is 23.2 Å². The van der Waals surface area contributed by atoms with Crippen molar-refractivity contribution >= 4 is 17.4 Å². The Bertz CT molecular complexity index is 546. The Kier molecular flexibility index (Phi) is 4.94. The van der Waals surface area contributed by atoms with Gasteiger partial charge in [-0.2, -0.15) is 0 Å². The third-order valence-corrected chi connectivity index (χ3v) is 2.15. The molecule has 4 nitrogen and oxygen atoms in total. The zero-order valence-electron chi connectivity index (χ0n) is 9.90. The van der Waals surface area contributed by atoms with Crippen molar-refractivity contribution in [3.05, 3.63) is 46.2 Å². The van der Waals surface area contributed by atoms with Crippen molar-refractivity contribution in [2.45, 2.75) is 13.8 Å². The first-order valence-electron chi connectivity index (χ1n) is 5.32. The first-order chi connectivity index (χ1) is 8.19. The van der Waals surface area contributed by atoms with Gasteiger partial charge in [0.1, 0.15) is 0 Å². The van der Waals surface area contributed by atoms with Gasteiger partial charge in [-0.25, -0.2) is 0 Å². The van der Waals surface area contributed by atoms with Gasteiger partial charge in [0.15, 0.2) is 5.43 Å². The molecule has 1 aromatic heterocycles. The second-order valence-electron chi connectivity index (χ2n) is 3.44. The maximum atomic E-state index is 11.3. The van der Waals surface area contributed by atoms with Crippen LogP contribution >= 0.6 is 0 Å². The van der Waals surface area contributed by atoms with Crippen LogP contribution in [0.15, 0.2) is 35.3 Å². The molecule has 1 aromatic carbocycles. The second kappa shape index (κ2) is 6.48. The van der Waals surface area contributed by atoms with Gasteiger partial charge in [-0.05, 0) is 31.5 Å². The van der Waals surface area contributed by atoms with Gasteiger partial charge >= 0.3 is 0 Å². The number of carbonyl (C=O) groups is 1. The zero-order chi connectivity index (χ0) is 12.7. The number of rotatable bonds is 2. The molecule has 0 saturated carbocycles. The molecule has 17 heavy (non-hydrogen) atoms. The molecule has 0 spiro atoms. The van der Waals surface area contributed by atoms with E-state index >= 15 is 0 Å². The summed E-state index contributed by atoms with van der Waals surface area (Å²) in [5.41, 5.74) is 2.13. The predicted molar refractivity (Wildman–Crippen MR) is 67.0 cm³/mol. The van der Waals surface area contributed by atoms with Gasteiger partial charge < -0.3 is 9.72 Å². The summed E-state index contributed by atoms with van der Waals surface area (Å²) >= 11 is 0. The van der Waals surface area contributed by atoms with Gasteiger partial charge in [0.05, 0.1) is 6.61 Å². The van der Waals surface area contributed by atoms with E-state index in [1.165, 1.54) is 6.07 Å². The lowest BCUT2D eigenvalue weighted by molar-refractivity contribution is -0.128. The molecule has 0 radical (unpaired) electrons. The van der Waals surface area contributed by atoms with Crippen molar-refractivity contribution < 1.29 is 9.53 Å². The molecule has 90 valence electrons. The molecule has 0 aliphatic rings. The number of H-pyrrole nitrogens is 1. The van der Waals surface area contributed by atoms with Crippen molar-refractivity contribution in [1.82, 2.24) is 4.98 Å². The molecule has 0 unspecified atom stereocenters. The molecule has 0 amide bonds. The molecule has 1 heterocycles. The van der Waals surface area contributed by atoms with Gasteiger partial charge in [0.25, 0.3) is 6.47 Å². The first-order valence-corrected chi connectivity index (χ1v) is 5.32. The number of pyridine rings is 1. The Morgan fingerprint density at radius 1 is 1.35 bits per heavy atom. The molecular formula is C13H15NO3. The van der Waals surface area contributed by atoms with E-state index in [0.717, 1.165) is 16.5 Å². The topological polar surface area (TPSA) is 59.2 Å². The fraction of sp³-hybridized carbons (Fsp3) is 0.231. The summed E-state index contributed by atoms with van der Waals surface area (Å²) in [6.45, 7) is 4.67. The van der Waals surface area contributed by atoms with Crippen molar-refractivity contribution in [3.8, 4) is 0 Å². The Labute approximate surface area is 99.2 Å². The number of aryl methyl sites for hydroxylation is 1. The molecule has 0 aliphatic carbocycles. The van der Waals surface area contributed by atoms with E-state index in [4.69, 9.17) is 0 Å². The van der Waals surface area contributed by atoms with Crippen molar-refractivity contribution in [1.29, 1.82) is 0 Å². The number of aromatic nitrogens is 1. The summed E-state index contributed by atoms with van der Waals surface area (Å²) < 4.78 is 4.15. The summed E-state index contributed by atoms with van der Waals surface area (Å²) in [6.07, 6.45) is 1.67. The van der Waals surface area contributed by atoms with Crippen LogP contribution in [0.5, 0.6) is 0 Å². The van der Waals surface area contributed by atoms with E-state index in [1.54, 1.807) is 13.1 Å². The molecule has 4 heteroatoms. The molecule has 0 atom stereocenters. The zero-order valence-corrected chi connectivity index (χ0v) is 9.90. The molecule has 0 saturated heterocycles. The quantitative estimate of drug-likeness (QED) is 0.807. The normalized spacial score (nSPS) is 9.29. The smallest absolute Gasteiger partial charge is 0.293 e. The van der Waals surface area contributed by atoms with Crippen LogP contribution in [-0.4, -0.2) is 18.1 Å². The number of fused-ring (bicyclic) bond motifs is 1. The van der Waals surface area contributed by atoms with E-state index in [1.807, 2.05) is 25.1 Å². The summed E-state index contributed by atoms with van der Waals surface area (Å²) in [4.78, 5) is 23.5. The SMILES string of the molecule is CCOC=O.Cc1ccc2c(=O)cc[nH]c2c1. The monoisotopic (exact) mass is 233 g/mol. The number of carbonyl (C=O) groups excluding carboxylic acids is 1. The van der Waals surface area contributed by atoms with Crippen LogP contribution in [0.1, 0.15) is 12.5 Å². The fourth-order valence-electron chi connectivity index (χ4n) is 1.36. The largest absolute Gasteiger partial charge is 0.468 e. The van der Waals surface area contributed by atoms with E-state index in [9.17, 15) is 9.59 Å². The Hall–Kier alpha value is -2.10. The summed E-state index contributed by atoms with van der Waals surface area (Å²) in [6, 6.07) is 7.30. The summed E-state index contributed by atoms with van der Waals surface area (Å²) in [5.74, 6) is 0. The molecule has 0 aliphatic heterocycles. The van der Waals surface area contributed by atoms with Crippen LogP contribution in [-0.2, 0) is 9.53 Å². The third kappa shape index (κ3) is 3.75. The molecular weight excluding hydrogens is 218 g/mol. The van der Waals surface area contributed by atoms with Crippen LogP contribution in [0.3, 0.4) is 0 Å². The lowest BCUT2D eigenvalue weighted by Crippen LogP contribution is -1.99. The van der Waals surface area contributed by atoms with Crippen molar-refractivity contribution in [2.24, 2.45) is 0 Å². The van der Waals surface area contributed by atoms with Crippen molar-refractivity contribution in [3.63, 3.8) is 0 Å². The highest BCUT2D eigenvalue weighted by Gasteiger charge is 1.95. The average Bonchev–Trinajstić information content (AvgIpc) is 2.31. The molecule has 2 rings (SSSR count). The maximum Gasteiger partial charge on any atom is 0.293 e. The van der Waals surface area contributed by atoms with Crippen LogP contribution in [0.4, 0.5) is 0 Å². The highest BCUT2D eigenvalue weighted by molar-refractivity contribution is 5.78. The van der Waals surface area contributed by atoms with Crippen molar-refractivity contribution in [2.75, 3.05) is 6.61 Å². The van der Waals surface area contributed by atoms with E-state index in [2.05, 4.69) is 9.72 Å². The summed E-state index contributed by atoms with van der Waals surface area (Å²) in [5, 5.41) is 0.753. The minimum atomic E-state index is 0.0729. The van der Waals surface area contributed by atoms with E-state index in [0.29, 0.717) is 13.1 Å². The van der Waals surface area contributed by atoms with Gasteiger partial charge in [0.2, 0.25) is 0 Å². The van der Waals surface area contributed by atoms with Gasteiger partial charge in [-0.1, -0.05) is 6.07 Å². The lowest BCUT2D eigenvalue weighted by atomic mass is 10.1. The number of aromatic amines is 1. The van der Waals surface area contributed by atoms with Crippen LogP contribution in [0.2, 0.25) is 0 Å².